The molecule has 1 saturated heterocycles. The van der Waals surface area contributed by atoms with E-state index in [0.717, 1.165) is 6.42 Å². The Hall–Kier alpha value is -0.570. The van der Waals surface area contributed by atoms with Gasteiger partial charge in [0, 0.05) is 6.04 Å². The first-order valence-electron chi connectivity index (χ1n) is 9.10. The minimum absolute atomic E-state index is 0.0746. The molecule has 3 heteroatoms. The number of amides is 1. The molecule has 3 fully saturated rings. The quantitative estimate of drug-likeness (QED) is 0.860. The minimum atomic E-state index is 0.0746. The summed E-state index contributed by atoms with van der Waals surface area (Å²) >= 11 is 0. The van der Waals surface area contributed by atoms with Crippen molar-refractivity contribution in [2.75, 3.05) is 0 Å². The minimum Gasteiger partial charge on any atom is -0.323 e. The average molecular weight is 292 g/mol. The Labute approximate surface area is 129 Å². The van der Waals surface area contributed by atoms with Gasteiger partial charge < -0.3 is 4.90 Å². The van der Waals surface area contributed by atoms with Gasteiger partial charge in [0.2, 0.25) is 5.91 Å². The van der Waals surface area contributed by atoms with E-state index < -0.39 is 0 Å². The maximum atomic E-state index is 12.8. The van der Waals surface area contributed by atoms with Gasteiger partial charge in [-0.2, -0.15) is 0 Å². The smallest absolute Gasteiger partial charge is 0.241 e. The number of hydrogen-bond donors (Lipinski definition) is 1. The number of rotatable bonds is 3. The summed E-state index contributed by atoms with van der Waals surface area (Å²) in [5, 5.41) is 3.68. The van der Waals surface area contributed by atoms with E-state index in [1.54, 1.807) is 0 Å². The van der Waals surface area contributed by atoms with Gasteiger partial charge in [0.1, 0.15) is 0 Å². The van der Waals surface area contributed by atoms with Crippen LogP contribution in [0.25, 0.3) is 0 Å². The Morgan fingerprint density at radius 2 is 1.76 bits per heavy atom. The average Bonchev–Trinajstić information content (AvgIpc) is 3.07. The molecule has 120 valence electrons. The van der Waals surface area contributed by atoms with Crippen molar-refractivity contribution in [1.29, 1.82) is 0 Å². The molecule has 0 radical (unpaired) electrons. The van der Waals surface area contributed by atoms with Gasteiger partial charge in [0.05, 0.1) is 12.2 Å². The highest BCUT2D eigenvalue weighted by Gasteiger charge is 2.46. The summed E-state index contributed by atoms with van der Waals surface area (Å²) in [4.78, 5) is 15.1. The molecule has 1 N–H and O–H groups in total. The van der Waals surface area contributed by atoms with Crippen molar-refractivity contribution in [2.45, 2.75) is 96.8 Å². The van der Waals surface area contributed by atoms with E-state index in [1.165, 1.54) is 51.4 Å². The van der Waals surface area contributed by atoms with Crippen molar-refractivity contribution in [2.24, 2.45) is 11.3 Å². The number of nitrogens with zero attached hydrogens (tertiary/aromatic N) is 1. The lowest BCUT2D eigenvalue weighted by atomic mass is 9.75. The predicted molar refractivity (Wildman–Crippen MR) is 85.8 cm³/mol. The Morgan fingerprint density at radius 1 is 1.14 bits per heavy atom. The van der Waals surface area contributed by atoms with Crippen LogP contribution in [0, 0.1) is 11.3 Å². The third-order valence-corrected chi connectivity index (χ3v) is 6.18. The molecule has 2 unspecified atom stereocenters. The molecule has 3 nitrogen and oxygen atoms in total. The summed E-state index contributed by atoms with van der Waals surface area (Å²) < 4.78 is 0. The summed E-state index contributed by atoms with van der Waals surface area (Å²) in [6.45, 7) is 6.88. The van der Waals surface area contributed by atoms with Crippen molar-refractivity contribution >= 4 is 5.91 Å². The summed E-state index contributed by atoms with van der Waals surface area (Å²) in [5.74, 6) is 1.08. The van der Waals surface area contributed by atoms with Crippen LogP contribution in [0.2, 0.25) is 0 Å². The van der Waals surface area contributed by atoms with Crippen molar-refractivity contribution < 1.29 is 4.79 Å². The van der Waals surface area contributed by atoms with Crippen LogP contribution in [0.1, 0.15) is 78.6 Å². The first kappa shape index (κ1) is 15.3. The molecule has 2 saturated carbocycles. The summed E-state index contributed by atoms with van der Waals surface area (Å²) in [6, 6.07) is 0.561. The number of nitrogens with one attached hydrogen (secondary N) is 1. The zero-order valence-corrected chi connectivity index (χ0v) is 14.0. The van der Waals surface area contributed by atoms with Crippen LogP contribution in [-0.4, -0.2) is 29.1 Å². The van der Waals surface area contributed by atoms with Crippen molar-refractivity contribution in [3.63, 3.8) is 0 Å². The second kappa shape index (κ2) is 5.91. The lowest BCUT2D eigenvalue weighted by molar-refractivity contribution is -0.134. The van der Waals surface area contributed by atoms with Crippen molar-refractivity contribution in [3.05, 3.63) is 0 Å². The van der Waals surface area contributed by atoms with E-state index >= 15 is 0 Å². The second-order valence-corrected chi connectivity index (χ2v) is 8.26. The molecule has 0 aromatic carbocycles. The molecule has 0 aromatic heterocycles. The zero-order valence-electron chi connectivity index (χ0n) is 14.0. The van der Waals surface area contributed by atoms with Crippen molar-refractivity contribution in [1.82, 2.24) is 10.2 Å². The van der Waals surface area contributed by atoms with Gasteiger partial charge in [0.25, 0.3) is 0 Å². The van der Waals surface area contributed by atoms with Crippen LogP contribution < -0.4 is 5.32 Å². The first-order chi connectivity index (χ1) is 10.0. The van der Waals surface area contributed by atoms with E-state index in [4.69, 9.17) is 0 Å². The van der Waals surface area contributed by atoms with Gasteiger partial charge in [-0.3, -0.25) is 10.1 Å². The molecular formula is C18H32N2O. The molecule has 2 atom stereocenters. The fourth-order valence-electron chi connectivity index (χ4n) is 4.67. The molecule has 2 aliphatic carbocycles. The fraction of sp³-hybridized carbons (Fsp3) is 0.944. The van der Waals surface area contributed by atoms with E-state index in [0.29, 0.717) is 29.4 Å². The van der Waals surface area contributed by atoms with Crippen LogP contribution in [0.15, 0.2) is 0 Å². The van der Waals surface area contributed by atoms with Crippen LogP contribution >= 0.6 is 0 Å². The van der Waals surface area contributed by atoms with E-state index in [-0.39, 0.29) is 6.04 Å². The van der Waals surface area contributed by atoms with Gasteiger partial charge in [-0.1, -0.05) is 33.6 Å². The Kier molecular flexibility index (Phi) is 4.31. The summed E-state index contributed by atoms with van der Waals surface area (Å²) in [5.41, 5.74) is 0.472. The fourth-order valence-corrected chi connectivity index (χ4v) is 4.67. The van der Waals surface area contributed by atoms with Crippen LogP contribution in [0.5, 0.6) is 0 Å². The molecule has 0 aromatic rings. The largest absolute Gasteiger partial charge is 0.323 e. The first-order valence-corrected chi connectivity index (χ1v) is 9.10. The van der Waals surface area contributed by atoms with Gasteiger partial charge in [0.15, 0.2) is 0 Å². The molecular weight excluding hydrogens is 260 g/mol. The molecule has 0 bridgehead atoms. The highest BCUT2D eigenvalue weighted by Crippen LogP contribution is 2.40. The van der Waals surface area contributed by atoms with Crippen molar-refractivity contribution in [3.8, 4) is 0 Å². The number of carbonyl (C=O) groups excluding carboxylic acids is 1. The Morgan fingerprint density at radius 3 is 2.33 bits per heavy atom. The highest BCUT2D eigenvalue weighted by atomic mass is 16.2. The maximum Gasteiger partial charge on any atom is 0.241 e. The van der Waals surface area contributed by atoms with Gasteiger partial charge >= 0.3 is 0 Å². The number of carbonyl (C=O) groups is 1. The lowest BCUT2D eigenvalue weighted by Crippen LogP contribution is -2.49. The highest BCUT2D eigenvalue weighted by molar-refractivity contribution is 5.84. The van der Waals surface area contributed by atoms with Gasteiger partial charge in [-0.25, -0.2) is 0 Å². The third kappa shape index (κ3) is 2.99. The molecule has 0 spiro atoms. The molecule has 21 heavy (non-hydrogen) atoms. The van der Waals surface area contributed by atoms with Gasteiger partial charge in [-0.15, -0.1) is 0 Å². The topological polar surface area (TPSA) is 32.3 Å². The SMILES string of the molecule is CCC1NC(C2CCCC2)N(C2CCC(C)(C)CC2)C1=O. The lowest BCUT2D eigenvalue weighted by Gasteiger charge is -2.42. The van der Waals surface area contributed by atoms with E-state index in [9.17, 15) is 4.79 Å². The summed E-state index contributed by atoms with van der Waals surface area (Å²) in [6.07, 6.45) is 11.5. The number of hydrogen-bond acceptors (Lipinski definition) is 2. The monoisotopic (exact) mass is 292 g/mol. The predicted octanol–water partition coefficient (Wildman–Crippen LogP) is 3.68. The third-order valence-electron chi connectivity index (χ3n) is 6.18. The molecule has 1 aliphatic heterocycles. The molecule has 3 rings (SSSR count). The second-order valence-electron chi connectivity index (χ2n) is 8.26. The maximum absolute atomic E-state index is 12.8. The zero-order chi connectivity index (χ0) is 15.0. The molecule has 3 aliphatic rings. The summed E-state index contributed by atoms with van der Waals surface area (Å²) in [7, 11) is 0. The molecule has 1 heterocycles. The Bertz CT molecular complexity index is 377. The van der Waals surface area contributed by atoms with E-state index in [2.05, 4.69) is 31.0 Å². The Balaban J connectivity index is 1.74. The van der Waals surface area contributed by atoms with Crippen LogP contribution in [0.3, 0.4) is 0 Å². The van der Waals surface area contributed by atoms with Crippen LogP contribution in [-0.2, 0) is 4.79 Å². The normalized spacial score (nSPS) is 34.8. The van der Waals surface area contributed by atoms with Crippen LogP contribution in [0.4, 0.5) is 0 Å². The standard InChI is InChI=1S/C18H32N2O/c1-4-15-17(21)20(14-9-11-18(2,3)12-10-14)16(19-15)13-7-5-6-8-13/h13-16,19H,4-12H2,1-3H3. The van der Waals surface area contributed by atoms with E-state index in [1.807, 2.05) is 0 Å². The van der Waals surface area contributed by atoms with Gasteiger partial charge in [-0.05, 0) is 56.3 Å². The molecule has 1 amide bonds.